The van der Waals surface area contributed by atoms with Crippen molar-refractivity contribution in [3.05, 3.63) is 0 Å². The van der Waals surface area contributed by atoms with E-state index in [4.69, 9.17) is 0 Å². The summed E-state index contributed by atoms with van der Waals surface area (Å²) < 4.78 is 58.6. The summed E-state index contributed by atoms with van der Waals surface area (Å²) in [5.41, 5.74) is 0. The average molecular weight is 272 g/mol. The number of carbonyl (C=O) groups is 1. The third-order valence-corrected chi connectivity index (χ3v) is 4.57. The van der Waals surface area contributed by atoms with E-state index in [1.165, 1.54) is 0 Å². The maximum Gasteiger partial charge on any atom is 0.390 e. The third kappa shape index (κ3) is 5.52. The molecule has 7 heteroatoms. The molecule has 1 fully saturated rings. The molecular formula is C10H15F3O3S. The first-order valence-electron chi connectivity index (χ1n) is 5.49. The summed E-state index contributed by atoms with van der Waals surface area (Å²) in [6.45, 7) is 0. The Balaban J connectivity index is 2.51. The lowest BCUT2D eigenvalue weighted by molar-refractivity contribution is -0.129. The van der Waals surface area contributed by atoms with Crippen LogP contribution in [0.4, 0.5) is 13.2 Å². The van der Waals surface area contributed by atoms with Crippen molar-refractivity contribution in [2.24, 2.45) is 5.92 Å². The number of carbonyl (C=O) groups excluding carboxylic acids is 1. The average Bonchev–Trinajstić information content (AvgIpc) is 2.18. The van der Waals surface area contributed by atoms with Crippen molar-refractivity contribution in [1.82, 2.24) is 0 Å². The number of rotatable bonds is 4. The van der Waals surface area contributed by atoms with Crippen LogP contribution in [0.25, 0.3) is 0 Å². The van der Waals surface area contributed by atoms with Crippen molar-refractivity contribution in [2.75, 3.05) is 11.5 Å². The zero-order valence-electron chi connectivity index (χ0n) is 9.29. The maximum atomic E-state index is 11.9. The molecule has 1 unspecified atom stereocenters. The minimum Gasteiger partial charge on any atom is -0.299 e. The number of alkyl halides is 3. The Morgan fingerprint density at radius 2 is 1.88 bits per heavy atom. The topological polar surface area (TPSA) is 51.2 Å². The first kappa shape index (κ1) is 14.5. The molecule has 0 amide bonds. The maximum absolute atomic E-state index is 11.9. The number of hydrogen-bond acceptors (Lipinski definition) is 3. The Bertz CT molecular complexity index is 373. The van der Waals surface area contributed by atoms with Crippen molar-refractivity contribution in [3.8, 4) is 0 Å². The largest absolute Gasteiger partial charge is 0.390 e. The number of sulfone groups is 1. The standard InChI is InChI=1S/C10H15F3O3S/c11-10(12,13)5-6-17(15,16)7-8-3-1-2-4-9(8)14/h8H,1-7H2. The first-order valence-corrected chi connectivity index (χ1v) is 7.32. The minimum absolute atomic E-state index is 0.133. The summed E-state index contributed by atoms with van der Waals surface area (Å²) in [5, 5.41) is 0. The van der Waals surface area contributed by atoms with E-state index >= 15 is 0 Å². The monoisotopic (exact) mass is 272 g/mol. The van der Waals surface area contributed by atoms with Gasteiger partial charge in [-0.15, -0.1) is 0 Å². The SMILES string of the molecule is O=C1CCCCC1CS(=O)(=O)CCC(F)(F)F. The molecule has 0 aromatic heterocycles. The molecule has 0 bridgehead atoms. The smallest absolute Gasteiger partial charge is 0.299 e. The second-order valence-electron chi connectivity index (χ2n) is 4.39. The molecule has 1 aliphatic carbocycles. The molecule has 0 heterocycles. The van der Waals surface area contributed by atoms with Crippen molar-refractivity contribution in [1.29, 1.82) is 0 Å². The van der Waals surface area contributed by atoms with Gasteiger partial charge in [-0.1, -0.05) is 6.42 Å². The van der Waals surface area contributed by atoms with E-state index in [2.05, 4.69) is 0 Å². The van der Waals surface area contributed by atoms with Crippen LogP contribution in [0.3, 0.4) is 0 Å². The first-order chi connectivity index (χ1) is 7.70. The van der Waals surface area contributed by atoms with Gasteiger partial charge in [-0.05, 0) is 12.8 Å². The zero-order valence-corrected chi connectivity index (χ0v) is 10.1. The van der Waals surface area contributed by atoms with E-state index in [0.29, 0.717) is 12.8 Å². The second kappa shape index (κ2) is 5.37. The molecule has 1 atom stereocenters. The second-order valence-corrected chi connectivity index (χ2v) is 6.62. The fraction of sp³-hybridized carbons (Fsp3) is 0.900. The van der Waals surface area contributed by atoms with E-state index < -0.39 is 39.9 Å². The molecule has 0 aromatic rings. The van der Waals surface area contributed by atoms with Crippen molar-refractivity contribution in [2.45, 2.75) is 38.3 Å². The lowest BCUT2D eigenvalue weighted by Crippen LogP contribution is -2.29. The third-order valence-electron chi connectivity index (χ3n) is 2.83. The summed E-state index contributed by atoms with van der Waals surface area (Å²) in [6.07, 6.45) is -3.47. The van der Waals surface area contributed by atoms with Crippen LogP contribution < -0.4 is 0 Å². The highest BCUT2D eigenvalue weighted by Gasteiger charge is 2.32. The number of ketones is 1. The minimum atomic E-state index is -4.47. The lowest BCUT2D eigenvalue weighted by Gasteiger charge is -2.20. The van der Waals surface area contributed by atoms with E-state index in [0.717, 1.165) is 12.8 Å². The van der Waals surface area contributed by atoms with Crippen LogP contribution in [0, 0.1) is 5.92 Å². The summed E-state index contributed by atoms with van der Waals surface area (Å²) in [5.74, 6) is -2.07. The molecule has 1 rings (SSSR count). The van der Waals surface area contributed by atoms with Crippen LogP contribution in [0.1, 0.15) is 32.1 Å². The van der Waals surface area contributed by atoms with Crippen LogP contribution in [0.5, 0.6) is 0 Å². The molecule has 0 N–H and O–H groups in total. The van der Waals surface area contributed by atoms with E-state index in [9.17, 15) is 26.4 Å². The molecule has 0 radical (unpaired) electrons. The van der Waals surface area contributed by atoms with Crippen LogP contribution in [-0.2, 0) is 14.6 Å². The fourth-order valence-corrected chi connectivity index (χ4v) is 3.57. The van der Waals surface area contributed by atoms with Gasteiger partial charge in [0.05, 0.1) is 17.9 Å². The van der Waals surface area contributed by atoms with E-state index in [1.54, 1.807) is 0 Å². The van der Waals surface area contributed by atoms with Crippen LogP contribution >= 0.6 is 0 Å². The molecule has 3 nitrogen and oxygen atoms in total. The Morgan fingerprint density at radius 3 is 2.41 bits per heavy atom. The molecule has 0 saturated heterocycles. The number of Topliss-reactive ketones (excluding diaryl/α,β-unsaturated/α-hetero) is 1. The van der Waals surface area contributed by atoms with Gasteiger partial charge in [0.1, 0.15) is 5.78 Å². The summed E-state index contributed by atoms with van der Waals surface area (Å²) in [6, 6.07) is 0. The van der Waals surface area contributed by atoms with Crippen molar-refractivity contribution < 1.29 is 26.4 Å². The van der Waals surface area contributed by atoms with Gasteiger partial charge in [-0.2, -0.15) is 13.2 Å². The molecule has 0 aliphatic heterocycles. The Labute approximate surface area is 98.3 Å². The molecule has 17 heavy (non-hydrogen) atoms. The fourth-order valence-electron chi connectivity index (χ4n) is 1.89. The zero-order chi connectivity index (χ0) is 13.1. The van der Waals surface area contributed by atoms with Gasteiger partial charge >= 0.3 is 6.18 Å². The van der Waals surface area contributed by atoms with Gasteiger partial charge in [0.25, 0.3) is 0 Å². The number of hydrogen-bond donors (Lipinski definition) is 0. The lowest BCUT2D eigenvalue weighted by atomic mass is 9.89. The van der Waals surface area contributed by atoms with Gasteiger partial charge in [-0.3, -0.25) is 4.79 Å². The van der Waals surface area contributed by atoms with Gasteiger partial charge in [0.15, 0.2) is 9.84 Å². The molecule has 100 valence electrons. The number of halogens is 3. The van der Waals surface area contributed by atoms with Gasteiger partial charge < -0.3 is 0 Å². The van der Waals surface area contributed by atoms with Gasteiger partial charge in [-0.25, -0.2) is 8.42 Å². The van der Waals surface area contributed by atoms with E-state index in [-0.39, 0.29) is 5.78 Å². The van der Waals surface area contributed by atoms with Crippen molar-refractivity contribution >= 4 is 15.6 Å². The quantitative estimate of drug-likeness (QED) is 0.787. The Kier molecular flexibility index (Phi) is 4.57. The highest BCUT2D eigenvalue weighted by atomic mass is 32.2. The van der Waals surface area contributed by atoms with Crippen LogP contribution in [-0.4, -0.2) is 31.9 Å². The van der Waals surface area contributed by atoms with Crippen LogP contribution in [0.2, 0.25) is 0 Å². The van der Waals surface area contributed by atoms with E-state index in [1.807, 2.05) is 0 Å². The van der Waals surface area contributed by atoms with Gasteiger partial charge in [0, 0.05) is 12.3 Å². The molecule has 1 aliphatic rings. The predicted octanol–water partition coefficient (Wildman–Crippen LogP) is 2.11. The van der Waals surface area contributed by atoms with Crippen LogP contribution in [0.15, 0.2) is 0 Å². The highest BCUT2D eigenvalue weighted by molar-refractivity contribution is 7.91. The summed E-state index contributed by atoms with van der Waals surface area (Å²) >= 11 is 0. The Morgan fingerprint density at radius 1 is 1.24 bits per heavy atom. The predicted molar refractivity (Wildman–Crippen MR) is 56.3 cm³/mol. The summed E-state index contributed by atoms with van der Waals surface area (Å²) in [7, 11) is -3.79. The van der Waals surface area contributed by atoms with Gasteiger partial charge in [0.2, 0.25) is 0 Å². The Hall–Kier alpha value is -0.590. The molecule has 1 saturated carbocycles. The normalized spacial score (nSPS) is 22.8. The highest BCUT2D eigenvalue weighted by Crippen LogP contribution is 2.24. The molecule has 0 spiro atoms. The molecular weight excluding hydrogens is 257 g/mol. The summed E-state index contributed by atoms with van der Waals surface area (Å²) in [4.78, 5) is 11.4. The van der Waals surface area contributed by atoms with Crippen molar-refractivity contribution in [3.63, 3.8) is 0 Å². The molecule has 0 aromatic carbocycles.